The third kappa shape index (κ3) is 2.26. The molecule has 0 radical (unpaired) electrons. The average molecular weight is 257 g/mol. The lowest BCUT2D eigenvalue weighted by molar-refractivity contribution is 0.786. The maximum absolute atomic E-state index is 4.39. The molecule has 0 fully saturated rings. The predicted molar refractivity (Wildman–Crippen MR) is 71.6 cm³/mol. The average Bonchev–Trinajstić information content (AvgIpc) is 3.03. The van der Waals surface area contributed by atoms with Gasteiger partial charge in [0.25, 0.3) is 0 Å². The standard InChI is InChI=1S/C12H15N7/c1-3-10-16-12(18-17-10)14-6-8-4-9-7-15-19(2)11(9)13-5-8/h4-5,7H,3,6H2,1-2H3,(H2,14,16,17,18). The second-order valence-electron chi connectivity index (χ2n) is 4.34. The fourth-order valence-corrected chi connectivity index (χ4v) is 1.90. The van der Waals surface area contributed by atoms with Crippen molar-refractivity contribution < 1.29 is 0 Å². The van der Waals surface area contributed by atoms with E-state index in [0.29, 0.717) is 12.5 Å². The summed E-state index contributed by atoms with van der Waals surface area (Å²) < 4.78 is 1.76. The summed E-state index contributed by atoms with van der Waals surface area (Å²) in [7, 11) is 1.88. The van der Waals surface area contributed by atoms with Crippen LogP contribution in [-0.2, 0) is 20.0 Å². The molecule has 3 aromatic rings. The second-order valence-corrected chi connectivity index (χ2v) is 4.34. The lowest BCUT2D eigenvalue weighted by Gasteiger charge is -2.02. The lowest BCUT2D eigenvalue weighted by atomic mass is 10.2. The molecule has 0 spiro atoms. The third-order valence-corrected chi connectivity index (χ3v) is 2.95. The van der Waals surface area contributed by atoms with Crippen molar-refractivity contribution in [1.82, 2.24) is 29.9 Å². The fraction of sp³-hybridized carbons (Fsp3) is 0.333. The highest BCUT2D eigenvalue weighted by atomic mass is 15.3. The molecule has 0 unspecified atom stereocenters. The van der Waals surface area contributed by atoms with E-state index in [0.717, 1.165) is 28.8 Å². The zero-order chi connectivity index (χ0) is 13.2. The Morgan fingerprint density at radius 3 is 3.05 bits per heavy atom. The van der Waals surface area contributed by atoms with Gasteiger partial charge in [-0.3, -0.25) is 9.78 Å². The predicted octanol–water partition coefficient (Wildman–Crippen LogP) is 1.26. The summed E-state index contributed by atoms with van der Waals surface area (Å²) in [5, 5.41) is 15.3. The third-order valence-electron chi connectivity index (χ3n) is 2.95. The Morgan fingerprint density at radius 2 is 2.26 bits per heavy atom. The van der Waals surface area contributed by atoms with Crippen LogP contribution < -0.4 is 5.32 Å². The van der Waals surface area contributed by atoms with Crippen LogP contribution in [0.15, 0.2) is 18.5 Å². The van der Waals surface area contributed by atoms with Crippen molar-refractivity contribution in [1.29, 1.82) is 0 Å². The summed E-state index contributed by atoms with van der Waals surface area (Å²) in [5.74, 6) is 1.49. The number of anilines is 1. The van der Waals surface area contributed by atoms with E-state index in [4.69, 9.17) is 0 Å². The smallest absolute Gasteiger partial charge is 0.242 e. The van der Waals surface area contributed by atoms with Crippen LogP contribution in [0.25, 0.3) is 11.0 Å². The first-order valence-electron chi connectivity index (χ1n) is 6.18. The molecule has 0 aliphatic rings. The van der Waals surface area contributed by atoms with E-state index < -0.39 is 0 Å². The van der Waals surface area contributed by atoms with E-state index in [-0.39, 0.29) is 0 Å². The van der Waals surface area contributed by atoms with Crippen LogP contribution in [0.2, 0.25) is 0 Å². The molecule has 0 aliphatic carbocycles. The molecule has 2 N–H and O–H groups in total. The molecule has 0 saturated heterocycles. The van der Waals surface area contributed by atoms with Crippen LogP contribution in [0, 0.1) is 0 Å². The van der Waals surface area contributed by atoms with Gasteiger partial charge in [-0.05, 0) is 11.6 Å². The summed E-state index contributed by atoms with van der Waals surface area (Å²) in [6, 6.07) is 2.07. The van der Waals surface area contributed by atoms with Gasteiger partial charge in [0, 0.05) is 31.6 Å². The molecule has 0 atom stereocenters. The van der Waals surface area contributed by atoms with E-state index in [2.05, 4.69) is 36.6 Å². The Morgan fingerprint density at radius 1 is 1.37 bits per heavy atom. The Balaban J connectivity index is 1.74. The van der Waals surface area contributed by atoms with Gasteiger partial charge in [0.15, 0.2) is 5.65 Å². The quantitative estimate of drug-likeness (QED) is 0.735. The van der Waals surface area contributed by atoms with Gasteiger partial charge in [0.2, 0.25) is 5.95 Å². The number of aryl methyl sites for hydroxylation is 2. The Labute approximate surface area is 110 Å². The Kier molecular flexibility index (Phi) is 2.86. The summed E-state index contributed by atoms with van der Waals surface area (Å²) in [5.41, 5.74) is 1.96. The SMILES string of the molecule is CCc1nc(NCc2cnc3c(cnn3C)c2)n[nH]1. The van der Waals surface area contributed by atoms with Crippen molar-refractivity contribution in [3.63, 3.8) is 0 Å². The van der Waals surface area contributed by atoms with Gasteiger partial charge in [-0.15, -0.1) is 5.10 Å². The van der Waals surface area contributed by atoms with Crippen LogP contribution in [-0.4, -0.2) is 29.9 Å². The summed E-state index contributed by atoms with van der Waals surface area (Å²) in [6.45, 7) is 2.67. The number of H-pyrrole nitrogens is 1. The van der Waals surface area contributed by atoms with Crippen LogP contribution in [0.1, 0.15) is 18.3 Å². The first-order valence-corrected chi connectivity index (χ1v) is 6.18. The molecule has 3 rings (SSSR count). The van der Waals surface area contributed by atoms with Crippen molar-refractivity contribution in [3.05, 3.63) is 29.8 Å². The maximum Gasteiger partial charge on any atom is 0.242 e. The van der Waals surface area contributed by atoms with Crippen LogP contribution in [0.3, 0.4) is 0 Å². The Bertz CT molecular complexity index is 697. The molecular formula is C12H15N7. The molecule has 0 amide bonds. The number of nitrogens with zero attached hydrogens (tertiary/aromatic N) is 5. The van der Waals surface area contributed by atoms with Gasteiger partial charge in [-0.1, -0.05) is 6.92 Å². The maximum atomic E-state index is 4.39. The van der Waals surface area contributed by atoms with E-state index in [1.165, 1.54) is 0 Å². The molecule has 3 heterocycles. The second kappa shape index (κ2) is 4.68. The molecule has 3 aromatic heterocycles. The van der Waals surface area contributed by atoms with Gasteiger partial charge in [0.05, 0.1) is 6.20 Å². The Hall–Kier alpha value is -2.44. The number of nitrogens with one attached hydrogen (secondary N) is 2. The first-order chi connectivity index (χ1) is 9.26. The largest absolute Gasteiger partial charge is 0.349 e. The van der Waals surface area contributed by atoms with E-state index in [1.807, 2.05) is 26.4 Å². The van der Waals surface area contributed by atoms with E-state index in [1.54, 1.807) is 4.68 Å². The van der Waals surface area contributed by atoms with Crippen molar-refractivity contribution in [2.24, 2.45) is 7.05 Å². The minimum Gasteiger partial charge on any atom is -0.349 e. The number of rotatable bonds is 4. The fourth-order valence-electron chi connectivity index (χ4n) is 1.90. The molecule has 0 bridgehead atoms. The summed E-state index contributed by atoms with van der Waals surface area (Å²) >= 11 is 0. The molecule has 0 saturated carbocycles. The van der Waals surface area contributed by atoms with Crippen molar-refractivity contribution in [3.8, 4) is 0 Å². The number of pyridine rings is 1. The number of aromatic amines is 1. The molecule has 98 valence electrons. The zero-order valence-corrected chi connectivity index (χ0v) is 10.9. The van der Waals surface area contributed by atoms with Crippen molar-refractivity contribution in [2.45, 2.75) is 19.9 Å². The highest BCUT2D eigenvalue weighted by molar-refractivity contribution is 5.74. The van der Waals surface area contributed by atoms with Gasteiger partial charge >= 0.3 is 0 Å². The molecule has 7 nitrogen and oxygen atoms in total. The summed E-state index contributed by atoms with van der Waals surface area (Å²) in [4.78, 5) is 8.68. The van der Waals surface area contributed by atoms with Gasteiger partial charge in [-0.2, -0.15) is 10.1 Å². The zero-order valence-electron chi connectivity index (χ0n) is 10.9. The number of hydrogen-bond donors (Lipinski definition) is 2. The van der Waals surface area contributed by atoms with E-state index in [9.17, 15) is 0 Å². The van der Waals surface area contributed by atoms with Crippen LogP contribution in [0.5, 0.6) is 0 Å². The lowest BCUT2D eigenvalue weighted by Crippen LogP contribution is -2.02. The van der Waals surface area contributed by atoms with E-state index >= 15 is 0 Å². The molecular weight excluding hydrogens is 242 g/mol. The minimum absolute atomic E-state index is 0.614. The number of aromatic nitrogens is 6. The van der Waals surface area contributed by atoms with Gasteiger partial charge in [0.1, 0.15) is 5.82 Å². The highest BCUT2D eigenvalue weighted by Gasteiger charge is 2.04. The number of hydrogen-bond acceptors (Lipinski definition) is 5. The van der Waals surface area contributed by atoms with Crippen LogP contribution in [0.4, 0.5) is 5.95 Å². The molecule has 7 heteroatoms. The van der Waals surface area contributed by atoms with Gasteiger partial charge < -0.3 is 5.32 Å². The molecule has 19 heavy (non-hydrogen) atoms. The van der Waals surface area contributed by atoms with Crippen LogP contribution >= 0.6 is 0 Å². The van der Waals surface area contributed by atoms with Gasteiger partial charge in [-0.25, -0.2) is 4.98 Å². The topological polar surface area (TPSA) is 84.3 Å². The van der Waals surface area contributed by atoms with Crippen molar-refractivity contribution in [2.75, 3.05) is 5.32 Å². The molecule has 0 aromatic carbocycles. The minimum atomic E-state index is 0.614. The highest BCUT2D eigenvalue weighted by Crippen LogP contribution is 2.12. The normalized spacial score (nSPS) is 11.1. The molecule has 0 aliphatic heterocycles. The first kappa shape index (κ1) is 11.6. The summed E-state index contributed by atoms with van der Waals surface area (Å²) in [6.07, 6.45) is 4.50. The number of fused-ring (bicyclic) bond motifs is 1. The van der Waals surface area contributed by atoms with Crippen molar-refractivity contribution >= 4 is 17.0 Å². The monoisotopic (exact) mass is 257 g/mol.